The van der Waals surface area contributed by atoms with E-state index in [4.69, 9.17) is 0 Å². The van der Waals surface area contributed by atoms with Crippen molar-refractivity contribution in [1.29, 1.82) is 0 Å². The van der Waals surface area contributed by atoms with Crippen LogP contribution < -0.4 is 0 Å². The minimum atomic E-state index is -0.334. The highest BCUT2D eigenvalue weighted by molar-refractivity contribution is 9.10. The summed E-state index contributed by atoms with van der Waals surface area (Å²) < 4.78 is 1.08. The molecule has 4 aliphatic carbocycles. The van der Waals surface area contributed by atoms with E-state index in [1.54, 1.807) is 0 Å². The second kappa shape index (κ2) is 7.07. The summed E-state index contributed by atoms with van der Waals surface area (Å²) in [6, 6.07) is 8.37. The van der Waals surface area contributed by atoms with E-state index in [0.29, 0.717) is 17.8 Å². The van der Waals surface area contributed by atoms with Crippen LogP contribution in [0.25, 0.3) is 6.08 Å². The molecular formula is C26H33BrO2. The Labute approximate surface area is 183 Å². The highest BCUT2D eigenvalue weighted by atomic mass is 79.9. The third-order valence-electron chi connectivity index (χ3n) is 9.15. The van der Waals surface area contributed by atoms with Crippen LogP contribution in [0, 0.1) is 28.6 Å². The summed E-state index contributed by atoms with van der Waals surface area (Å²) in [5.74, 6) is 1.91. The number of hydrogen-bond acceptors (Lipinski definition) is 2. The van der Waals surface area contributed by atoms with E-state index >= 15 is 0 Å². The fourth-order valence-corrected chi connectivity index (χ4v) is 7.87. The molecule has 0 aliphatic heterocycles. The smallest absolute Gasteiger partial charge is 0.0809 e. The van der Waals surface area contributed by atoms with Crippen LogP contribution >= 0.6 is 15.9 Å². The third-order valence-corrected chi connectivity index (χ3v) is 9.64. The molecule has 156 valence electrons. The van der Waals surface area contributed by atoms with Crippen molar-refractivity contribution in [3.05, 3.63) is 51.5 Å². The maximum absolute atomic E-state index is 11.4. The van der Waals surface area contributed by atoms with Crippen molar-refractivity contribution in [2.75, 3.05) is 0 Å². The van der Waals surface area contributed by atoms with E-state index in [0.717, 1.165) is 43.0 Å². The molecule has 0 unspecified atom stereocenters. The van der Waals surface area contributed by atoms with Gasteiger partial charge >= 0.3 is 0 Å². The van der Waals surface area contributed by atoms with Gasteiger partial charge in [0.2, 0.25) is 0 Å². The Kier molecular flexibility index (Phi) is 4.88. The molecule has 29 heavy (non-hydrogen) atoms. The van der Waals surface area contributed by atoms with Crippen molar-refractivity contribution in [2.45, 2.75) is 71.0 Å². The van der Waals surface area contributed by atoms with Crippen molar-refractivity contribution in [3.63, 3.8) is 0 Å². The molecule has 0 saturated heterocycles. The number of aliphatic hydroxyl groups excluding tert-OH is 2. The lowest BCUT2D eigenvalue weighted by Gasteiger charge is -2.57. The summed E-state index contributed by atoms with van der Waals surface area (Å²) in [4.78, 5) is 0. The first-order valence-corrected chi connectivity index (χ1v) is 12.1. The molecule has 3 saturated carbocycles. The molecule has 3 fully saturated rings. The number of fused-ring (bicyclic) bond motifs is 5. The predicted molar refractivity (Wildman–Crippen MR) is 121 cm³/mol. The van der Waals surface area contributed by atoms with Crippen molar-refractivity contribution in [1.82, 2.24) is 0 Å². The third kappa shape index (κ3) is 3.11. The van der Waals surface area contributed by atoms with Crippen LogP contribution in [0.15, 0.2) is 46.0 Å². The van der Waals surface area contributed by atoms with Crippen LogP contribution in [0.5, 0.6) is 0 Å². The van der Waals surface area contributed by atoms with E-state index in [-0.39, 0.29) is 23.0 Å². The summed E-state index contributed by atoms with van der Waals surface area (Å²) in [6.45, 7) is 4.81. The van der Waals surface area contributed by atoms with E-state index in [9.17, 15) is 10.2 Å². The Morgan fingerprint density at radius 3 is 2.69 bits per heavy atom. The molecule has 5 rings (SSSR count). The molecule has 3 heteroatoms. The first-order valence-electron chi connectivity index (χ1n) is 11.3. The number of allylic oxidation sites excluding steroid dienone is 1. The zero-order valence-electron chi connectivity index (χ0n) is 17.6. The molecule has 0 spiro atoms. The molecule has 1 aromatic rings. The van der Waals surface area contributed by atoms with Crippen molar-refractivity contribution in [3.8, 4) is 0 Å². The average Bonchev–Trinajstić information content (AvgIpc) is 2.93. The monoisotopic (exact) mass is 456 g/mol. The van der Waals surface area contributed by atoms with Gasteiger partial charge in [0.05, 0.1) is 12.2 Å². The van der Waals surface area contributed by atoms with Crippen LogP contribution in [-0.2, 0) is 0 Å². The molecule has 0 heterocycles. The minimum Gasteiger partial charge on any atom is -0.393 e. The summed E-state index contributed by atoms with van der Waals surface area (Å²) in [5.41, 5.74) is 4.16. The second-order valence-corrected chi connectivity index (χ2v) is 11.5. The highest BCUT2D eigenvalue weighted by Crippen LogP contribution is 2.65. The van der Waals surface area contributed by atoms with Gasteiger partial charge in [-0.25, -0.2) is 0 Å². The van der Waals surface area contributed by atoms with Crippen molar-refractivity contribution in [2.24, 2.45) is 28.6 Å². The molecule has 0 radical (unpaired) electrons. The molecule has 2 nitrogen and oxygen atoms in total. The Morgan fingerprint density at radius 2 is 1.90 bits per heavy atom. The molecule has 0 aromatic heterocycles. The Balaban J connectivity index is 1.47. The molecule has 7 atom stereocenters. The zero-order valence-corrected chi connectivity index (χ0v) is 19.2. The van der Waals surface area contributed by atoms with Crippen LogP contribution in [0.1, 0.15) is 64.4 Å². The standard InChI is InChI=1S/C26H33BrO2/c1-25-10-8-20(28)15-18(25)6-7-21-22(25)9-11-26(2)23(21)14-17(24(26)29)12-16-4-3-5-19(27)13-16/h3-6,12-13,20-24,28-29H,7-11,14-15H2,1-2H3/b17-12+/t20-,21-,22+,23+,24+,25+,26+/m1/s1. The number of benzene rings is 1. The molecule has 0 bridgehead atoms. The van der Waals surface area contributed by atoms with Gasteiger partial charge in [0.15, 0.2) is 0 Å². The van der Waals surface area contributed by atoms with Gasteiger partial charge in [0.25, 0.3) is 0 Å². The van der Waals surface area contributed by atoms with Gasteiger partial charge in [-0.2, -0.15) is 0 Å². The molecular weight excluding hydrogens is 424 g/mol. The highest BCUT2D eigenvalue weighted by Gasteiger charge is 2.59. The SMILES string of the molecule is C[C@]12CC[C@H]3[C@@H](CC=C4C[C@H](O)CC[C@@]43C)[C@@H]1C/C(=C\c1cccc(Br)c1)[C@@H]2O. The largest absolute Gasteiger partial charge is 0.393 e. The predicted octanol–water partition coefficient (Wildman–Crippen LogP) is 6.13. The minimum absolute atomic E-state index is 0.00506. The van der Waals surface area contributed by atoms with E-state index in [1.807, 2.05) is 6.07 Å². The fraction of sp³-hybridized carbons (Fsp3) is 0.615. The lowest BCUT2D eigenvalue weighted by molar-refractivity contribution is -0.0685. The van der Waals surface area contributed by atoms with Crippen LogP contribution in [0.3, 0.4) is 0 Å². The average molecular weight is 457 g/mol. The number of hydrogen-bond donors (Lipinski definition) is 2. The normalized spacial score (nSPS) is 45.3. The van der Waals surface area contributed by atoms with E-state index in [1.165, 1.54) is 23.1 Å². The first-order chi connectivity index (χ1) is 13.8. The second-order valence-electron chi connectivity index (χ2n) is 10.6. The maximum Gasteiger partial charge on any atom is 0.0809 e. The summed E-state index contributed by atoms with van der Waals surface area (Å²) in [6.07, 6.45) is 11.6. The number of aliphatic hydroxyl groups is 2. The Morgan fingerprint density at radius 1 is 1.07 bits per heavy atom. The molecule has 1 aromatic carbocycles. The van der Waals surface area contributed by atoms with Gasteiger partial charge in [-0.05, 0) is 91.4 Å². The van der Waals surface area contributed by atoms with Gasteiger partial charge in [0.1, 0.15) is 0 Å². The summed E-state index contributed by atoms with van der Waals surface area (Å²) in [5, 5.41) is 21.6. The fourth-order valence-electron chi connectivity index (χ4n) is 7.45. The summed E-state index contributed by atoms with van der Waals surface area (Å²) in [7, 11) is 0. The van der Waals surface area contributed by atoms with Gasteiger partial charge in [-0.15, -0.1) is 0 Å². The van der Waals surface area contributed by atoms with Gasteiger partial charge in [0, 0.05) is 9.89 Å². The topological polar surface area (TPSA) is 40.5 Å². The van der Waals surface area contributed by atoms with Crippen molar-refractivity contribution >= 4 is 22.0 Å². The molecule has 0 amide bonds. The van der Waals surface area contributed by atoms with Gasteiger partial charge < -0.3 is 10.2 Å². The first kappa shape index (κ1) is 20.0. The quantitative estimate of drug-likeness (QED) is 0.499. The van der Waals surface area contributed by atoms with E-state index < -0.39 is 0 Å². The molecule has 4 aliphatic rings. The number of rotatable bonds is 1. The van der Waals surface area contributed by atoms with Crippen LogP contribution in [-0.4, -0.2) is 22.4 Å². The van der Waals surface area contributed by atoms with Crippen LogP contribution in [0.2, 0.25) is 0 Å². The lowest BCUT2D eigenvalue weighted by Crippen LogP contribution is -2.51. The lowest BCUT2D eigenvalue weighted by atomic mass is 9.48. The zero-order chi connectivity index (χ0) is 20.4. The Bertz CT molecular complexity index is 873. The molecule has 2 N–H and O–H groups in total. The Hall–Kier alpha value is -0.900. The van der Waals surface area contributed by atoms with Crippen LogP contribution in [0.4, 0.5) is 0 Å². The van der Waals surface area contributed by atoms with Crippen molar-refractivity contribution < 1.29 is 10.2 Å². The summed E-state index contributed by atoms with van der Waals surface area (Å²) >= 11 is 3.57. The maximum atomic E-state index is 11.4. The van der Waals surface area contributed by atoms with E-state index in [2.05, 4.69) is 60.1 Å². The van der Waals surface area contributed by atoms with Gasteiger partial charge in [-0.3, -0.25) is 0 Å². The van der Waals surface area contributed by atoms with Gasteiger partial charge in [-0.1, -0.05) is 59.6 Å². The number of halogens is 1.